The van der Waals surface area contributed by atoms with Crippen LogP contribution in [-0.4, -0.2) is 44.6 Å². The van der Waals surface area contributed by atoms with Gasteiger partial charge in [0.1, 0.15) is 11.5 Å². The summed E-state index contributed by atoms with van der Waals surface area (Å²) in [5.74, 6) is 0.167. The molecule has 0 spiro atoms. The lowest BCUT2D eigenvalue weighted by atomic mass is 10.1. The molecular weight excluding hydrogens is 567 g/mol. The zero-order valence-corrected chi connectivity index (χ0v) is 21.7. The number of benzene rings is 2. The Balaban J connectivity index is 1.50. The van der Waals surface area contributed by atoms with Crippen LogP contribution in [0.1, 0.15) is 29.2 Å². The van der Waals surface area contributed by atoms with Crippen LogP contribution in [0, 0.1) is 3.57 Å². The van der Waals surface area contributed by atoms with E-state index in [4.69, 9.17) is 10.8 Å². The first kappa shape index (κ1) is 24.0. The standard InChI is InChI=1S/C27H25IN6O2/c1-2-22(35)33-14-6-9-20(16-33)34-25-21(28)15-30-26(29)23(25)24(32-34)17-10-12-19(13-11-17)31-27(36)18-7-4-3-5-8-18/h2-5,7-8,10-13,15,20H,1,6,9,14,16H2,(H2,29,30)(H,31,36). The molecule has 36 heavy (non-hydrogen) atoms. The maximum Gasteiger partial charge on any atom is 0.255 e. The lowest BCUT2D eigenvalue weighted by Crippen LogP contribution is -2.40. The molecule has 3 N–H and O–H groups in total. The largest absolute Gasteiger partial charge is 0.383 e. The predicted octanol–water partition coefficient (Wildman–Crippen LogP) is 4.89. The number of nitrogens with two attached hydrogens (primary N) is 1. The van der Waals surface area contributed by atoms with Gasteiger partial charge in [-0.15, -0.1) is 0 Å². The highest BCUT2D eigenvalue weighted by Gasteiger charge is 2.28. The molecule has 1 unspecified atom stereocenters. The van der Waals surface area contributed by atoms with Crippen molar-refractivity contribution in [2.45, 2.75) is 18.9 Å². The first-order valence-electron chi connectivity index (χ1n) is 11.7. The van der Waals surface area contributed by atoms with E-state index < -0.39 is 0 Å². The Bertz CT molecular complexity index is 1450. The Morgan fingerprint density at radius 1 is 1.14 bits per heavy atom. The van der Waals surface area contributed by atoms with Crippen LogP contribution in [0.2, 0.25) is 0 Å². The summed E-state index contributed by atoms with van der Waals surface area (Å²) in [4.78, 5) is 31.0. The minimum atomic E-state index is -0.169. The topological polar surface area (TPSA) is 106 Å². The van der Waals surface area contributed by atoms with E-state index in [9.17, 15) is 9.59 Å². The molecule has 0 aliphatic carbocycles. The Labute approximate surface area is 222 Å². The van der Waals surface area contributed by atoms with Crippen LogP contribution in [0.4, 0.5) is 11.5 Å². The van der Waals surface area contributed by atoms with Crippen LogP contribution in [0.5, 0.6) is 0 Å². The normalized spacial score (nSPS) is 15.6. The summed E-state index contributed by atoms with van der Waals surface area (Å²) >= 11 is 2.26. The smallest absolute Gasteiger partial charge is 0.255 e. The number of amides is 2. The average molecular weight is 592 g/mol. The number of aromatic nitrogens is 3. The number of carbonyl (C=O) groups excluding carboxylic acids is 2. The van der Waals surface area contributed by atoms with Crippen molar-refractivity contribution in [3.8, 4) is 11.3 Å². The van der Waals surface area contributed by atoms with Gasteiger partial charge in [-0.2, -0.15) is 5.10 Å². The van der Waals surface area contributed by atoms with Crippen LogP contribution in [-0.2, 0) is 4.79 Å². The molecule has 0 radical (unpaired) electrons. The number of fused-ring (bicyclic) bond motifs is 1. The highest BCUT2D eigenvalue weighted by atomic mass is 127. The number of halogens is 1. The number of nitrogens with one attached hydrogen (secondary N) is 1. The van der Waals surface area contributed by atoms with Crippen molar-refractivity contribution in [2.75, 3.05) is 24.1 Å². The predicted molar refractivity (Wildman–Crippen MR) is 150 cm³/mol. The molecular formula is C27H25IN6O2. The van der Waals surface area contributed by atoms with Gasteiger partial charge >= 0.3 is 0 Å². The van der Waals surface area contributed by atoms with Crippen LogP contribution < -0.4 is 11.1 Å². The Morgan fingerprint density at radius 2 is 1.89 bits per heavy atom. The van der Waals surface area contributed by atoms with E-state index in [0.29, 0.717) is 30.2 Å². The second kappa shape index (κ2) is 10.1. The minimum absolute atomic E-state index is 0.0126. The molecule has 182 valence electrons. The molecule has 2 aromatic heterocycles. The van der Waals surface area contributed by atoms with Gasteiger partial charge in [-0.1, -0.05) is 36.9 Å². The van der Waals surface area contributed by atoms with E-state index in [2.05, 4.69) is 39.5 Å². The maximum atomic E-state index is 12.5. The monoisotopic (exact) mass is 592 g/mol. The van der Waals surface area contributed by atoms with Gasteiger partial charge in [0.05, 0.1) is 20.5 Å². The third-order valence-corrected chi connectivity index (χ3v) is 7.18. The first-order chi connectivity index (χ1) is 17.5. The van der Waals surface area contributed by atoms with Gasteiger partial charge in [0, 0.05) is 36.1 Å². The lowest BCUT2D eigenvalue weighted by Gasteiger charge is -2.32. The molecule has 0 bridgehead atoms. The number of pyridine rings is 1. The van der Waals surface area contributed by atoms with Crippen molar-refractivity contribution in [3.05, 3.63) is 82.6 Å². The second-order valence-corrected chi connectivity index (χ2v) is 9.85. The summed E-state index contributed by atoms with van der Waals surface area (Å²) in [6, 6.07) is 16.6. The van der Waals surface area contributed by atoms with Crippen molar-refractivity contribution < 1.29 is 9.59 Å². The molecule has 2 aromatic carbocycles. The Hall–Kier alpha value is -3.73. The summed E-state index contributed by atoms with van der Waals surface area (Å²) in [7, 11) is 0. The number of nitrogen functional groups attached to an aromatic ring is 1. The fraction of sp³-hybridized carbons (Fsp3) is 0.185. The van der Waals surface area contributed by atoms with Gasteiger partial charge in [-0.3, -0.25) is 14.3 Å². The SMILES string of the molecule is C=CC(=O)N1CCCC(n2nc(-c3ccc(NC(=O)c4ccccc4)cc3)c3c(N)ncc(I)c32)C1. The molecule has 1 aliphatic heterocycles. The van der Waals surface area contributed by atoms with Crippen molar-refractivity contribution in [1.82, 2.24) is 19.7 Å². The molecule has 1 atom stereocenters. The molecule has 8 nitrogen and oxygen atoms in total. The van der Waals surface area contributed by atoms with Gasteiger partial charge in [0.25, 0.3) is 5.91 Å². The summed E-state index contributed by atoms with van der Waals surface area (Å²) in [5, 5.41) is 8.71. The number of anilines is 2. The summed E-state index contributed by atoms with van der Waals surface area (Å²) in [6.45, 7) is 4.90. The number of rotatable bonds is 5. The van der Waals surface area contributed by atoms with Crippen molar-refractivity contribution in [1.29, 1.82) is 0 Å². The number of nitrogens with zero attached hydrogens (tertiary/aromatic N) is 4. The number of hydrogen-bond donors (Lipinski definition) is 2. The zero-order chi connectivity index (χ0) is 25.2. The quantitative estimate of drug-likeness (QED) is 0.254. The fourth-order valence-corrected chi connectivity index (χ4v) is 5.27. The van der Waals surface area contributed by atoms with Gasteiger partial charge < -0.3 is 16.0 Å². The number of piperidine rings is 1. The fourth-order valence-electron chi connectivity index (χ4n) is 4.61. The molecule has 0 saturated carbocycles. The molecule has 2 amide bonds. The van der Waals surface area contributed by atoms with E-state index >= 15 is 0 Å². The third-order valence-electron chi connectivity index (χ3n) is 6.39. The summed E-state index contributed by atoms with van der Waals surface area (Å²) < 4.78 is 2.94. The number of likely N-dealkylation sites (tertiary alicyclic amines) is 1. The highest BCUT2D eigenvalue weighted by Crippen LogP contribution is 2.37. The highest BCUT2D eigenvalue weighted by molar-refractivity contribution is 14.1. The lowest BCUT2D eigenvalue weighted by molar-refractivity contribution is -0.127. The van der Waals surface area contributed by atoms with E-state index in [1.54, 1.807) is 18.3 Å². The molecule has 5 rings (SSSR count). The maximum absolute atomic E-state index is 12.5. The van der Waals surface area contributed by atoms with Crippen LogP contribution in [0.3, 0.4) is 0 Å². The minimum Gasteiger partial charge on any atom is -0.383 e. The van der Waals surface area contributed by atoms with Crippen molar-refractivity contribution >= 4 is 56.8 Å². The zero-order valence-electron chi connectivity index (χ0n) is 19.5. The van der Waals surface area contributed by atoms with Crippen molar-refractivity contribution in [2.24, 2.45) is 0 Å². The summed E-state index contributed by atoms with van der Waals surface area (Å²) in [6.07, 6.45) is 4.89. The van der Waals surface area contributed by atoms with Crippen LogP contribution >= 0.6 is 22.6 Å². The molecule has 1 saturated heterocycles. The molecule has 4 aromatic rings. The Morgan fingerprint density at radius 3 is 2.61 bits per heavy atom. The first-order valence-corrected chi connectivity index (χ1v) is 12.7. The van der Waals surface area contributed by atoms with E-state index in [1.807, 2.05) is 52.0 Å². The van der Waals surface area contributed by atoms with Crippen LogP contribution in [0.25, 0.3) is 22.2 Å². The average Bonchev–Trinajstić information content (AvgIpc) is 3.33. The van der Waals surface area contributed by atoms with Crippen LogP contribution in [0.15, 0.2) is 73.4 Å². The molecule has 3 heterocycles. The number of hydrogen-bond acceptors (Lipinski definition) is 5. The summed E-state index contributed by atoms with van der Waals surface area (Å²) in [5.41, 5.74) is 10.1. The number of carbonyl (C=O) groups is 2. The third kappa shape index (κ3) is 4.58. The molecule has 1 aliphatic rings. The van der Waals surface area contributed by atoms with Crippen molar-refractivity contribution in [3.63, 3.8) is 0 Å². The van der Waals surface area contributed by atoms with Gasteiger partial charge in [0.2, 0.25) is 5.91 Å². The van der Waals surface area contributed by atoms with Gasteiger partial charge in [-0.25, -0.2) is 4.98 Å². The molecule has 1 fully saturated rings. The van der Waals surface area contributed by atoms with E-state index in [-0.39, 0.29) is 17.9 Å². The van der Waals surface area contributed by atoms with Gasteiger partial charge in [0.15, 0.2) is 0 Å². The van der Waals surface area contributed by atoms with E-state index in [0.717, 1.165) is 38.6 Å². The second-order valence-electron chi connectivity index (χ2n) is 8.69. The Kier molecular flexibility index (Phi) is 6.73. The molecule has 9 heteroatoms. The van der Waals surface area contributed by atoms with Gasteiger partial charge in [-0.05, 0) is 65.8 Å². The van der Waals surface area contributed by atoms with E-state index in [1.165, 1.54) is 6.08 Å².